The van der Waals surface area contributed by atoms with Crippen molar-refractivity contribution in [2.45, 2.75) is 33.9 Å². The zero-order chi connectivity index (χ0) is 18.3. The summed E-state index contributed by atoms with van der Waals surface area (Å²) < 4.78 is 9.80. The van der Waals surface area contributed by atoms with Gasteiger partial charge in [0.05, 0.1) is 7.11 Å². The van der Waals surface area contributed by atoms with Crippen molar-refractivity contribution in [3.05, 3.63) is 34.9 Å². The maximum atomic E-state index is 11.5. The zero-order valence-corrected chi connectivity index (χ0v) is 14.6. The van der Waals surface area contributed by atoms with Crippen LogP contribution in [-0.2, 0) is 19.1 Å². The Hall–Kier alpha value is -2.81. The van der Waals surface area contributed by atoms with E-state index in [1.165, 1.54) is 20.1 Å². The molecule has 6 heteroatoms. The van der Waals surface area contributed by atoms with Gasteiger partial charge in [0.2, 0.25) is 0 Å². The van der Waals surface area contributed by atoms with Gasteiger partial charge in [0.25, 0.3) is 0 Å². The number of hydrogen-bond donors (Lipinski definition) is 0. The van der Waals surface area contributed by atoms with Crippen LogP contribution >= 0.6 is 0 Å². The highest BCUT2D eigenvalue weighted by Crippen LogP contribution is 2.23. The number of aryl methyl sites for hydroxylation is 1. The highest BCUT2D eigenvalue weighted by atomic mass is 16.6. The molecule has 1 aromatic carbocycles. The van der Waals surface area contributed by atoms with Crippen molar-refractivity contribution < 1.29 is 19.1 Å². The van der Waals surface area contributed by atoms with Gasteiger partial charge in [-0.3, -0.25) is 4.79 Å². The molecule has 128 valence electrons. The van der Waals surface area contributed by atoms with Gasteiger partial charge in [-0.1, -0.05) is 6.07 Å². The molecule has 1 aromatic rings. The van der Waals surface area contributed by atoms with Gasteiger partial charge in [-0.05, 0) is 50.1 Å². The minimum Gasteiger partial charge on any atom is -0.465 e. The predicted molar refractivity (Wildman–Crippen MR) is 91.0 cm³/mol. The summed E-state index contributed by atoms with van der Waals surface area (Å²) in [5, 5.41) is 9.04. The van der Waals surface area contributed by atoms with Crippen LogP contribution in [0.3, 0.4) is 0 Å². The molecule has 0 aromatic heterocycles. The zero-order valence-electron chi connectivity index (χ0n) is 14.6. The van der Waals surface area contributed by atoms with Crippen LogP contribution in [0.15, 0.2) is 23.8 Å². The molecule has 0 saturated heterocycles. The Kier molecular flexibility index (Phi) is 6.99. The predicted octanol–water partition coefficient (Wildman–Crippen LogP) is 2.81. The second kappa shape index (κ2) is 8.73. The molecule has 0 saturated carbocycles. The van der Waals surface area contributed by atoms with Gasteiger partial charge >= 0.3 is 11.9 Å². The first-order valence-electron chi connectivity index (χ1n) is 7.58. The van der Waals surface area contributed by atoms with Gasteiger partial charge in [0, 0.05) is 19.2 Å². The van der Waals surface area contributed by atoms with Crippen LogP contribution in [-0.4, -0.2) is 31.8 Å². The molecule has 0 bridgehead atoms. The average molecular weight is 330 g/mol. The largest absolute Gasteiger partial charge is 0.465 e. The lowest BCUT2D eigenvalue weighted by atomic mass is 10.0. The minimum absolute atomic E-state index is 0.0611. The Bertz CT molecular complexity index is 689. The number of hydrogen-bond acceptors (Lipinski definition) is 6. The van der Waals surface area contributed by atoms with Gasteiger partial charge in [-0.15, -0.1) is 0 Å². The van der Waals surface area contributed by atoms with E-state index < -0.39 is 12.2 Å². The van der Waals surface area contributed by atoms with E-state index in [0.29, 0.717) is 6.54 Å². The summed E-state index contributed by atoms with van der Waals surface area (Å²) in [7, 11) is 1.24. The van der Waals surface area contributed by atoms with Gasteiger partial charge in [-0.2, -0.15) is 5.26 Å². The lowest BCUT2D eigenvalue weighted by Crippen LogP contribution is -2.36. The van der Waals surface area contributed by atoms with Crippen molar-refractivity contribution in [3.8, 4) is 6.07 Å². The molecule has 0 N–H and O–H groups in total. The minimum atomic E-state index is -0.667. The highest BCUT2D eigenvalue weighted by Gasteiger charge is 2.16. The van der Waals surface area contributed by atoms with E-state index >= 15 is 0 Å². The summed E-state index contributed by atoms with van der Waals surface area (Å²) >= 11 is 0. The monoisotopic (exact) mass is 330 g/mol. The number of benzene rings is 1. The molecule has 0 aliphatic carbocycles. The number of ether oxygens (including phenoxy) is 2. The Morgan fingerprint density at radius 1 is 1.42 bits per heavy atom. The third-order valence-corrected chi connectivity index (χ3v) is 3.53. The Labute approximate surface area is 142 Å². The molecule has 0 amide bonds. The van der Waals surface area contributed by atoms with Crippen LogP contribution in [0.2, 0.25) is 0 Å². The highest BCUT2D eigenvalue weighted by molar-refractivity contribution is 5.98. The van der Waals surface area contributed by atoms with Crippen molar-refractivity contribution in [1.29, 1.82) is 5.26 Å². The normalized spacial score (nSPS) is 12.1. The third kappa shape index (κ3) is 4.85. The summed E-state index contributed by atoms with van der Waals surface area (Å²) in [6.07, 6.45) is 1.11. The molecule has 0 aliphatic rings. The molecule has 24 heavy (non-hydrogen) atoms. The lowest BCUT2D eigenvalue weighted by molar-refractivity contribution is -0.145. The number of anilines is 1. The van der Waals surface area contributed by atoms with Crippen LogP contribution in [0.1, 0.15) is 31.9 Å². The first-order chi connectivity index (χ1) is 11.3. The van der Waals surface area contributed by atoms with E-state index in [0.717, 1.165) is 16.8 Å². The summed E-state index contributed by atoms with van der Waals surface area (Å²) in [4.78, 5) is 24.6. The van der Waals surface area contributed by atoms with Crippen molar-refractivity contribution >= 4 is 23.7 Å². The van der Waals surface area contributed by atoms with Gasteiger partial charge < -0.3 is 14.4 Å². The van der Waals surface area contributed by atoms with Crippen molar-refractivity contribution in [3.63, 3.8) is 0 Å². The van der Waals surface area contributed by atoms with E-state index in [2.05, 4.69) is 4.74 Å². The van der Waals surface area contributed by atoms with E-state index in [-0.39, 0.29) is 11.5 Å². The second-order valence-corrected chi connectivity index (χ2v) is 5.20. The molecule has 0 heterocycles. The summed E-state index contributed by atoms with van der Waals surface area (Å²) in [5.41, 5.74) is 2.46. The third-order valence-electron chi connectivity index (χ3n) is 3.53. The molecule has 1 atom stereocenters. The number of esters is 2. The Morgan fingerprint density at radius 3 is 2.54 bits per heavy atom. The molecule has 1 unspecified atom stereocenters. The molecular weight excluding hydrogens is 308 g/mol. The van der Waals surface area contributed by atoms with E-state index in [9.17, 15) is 9.59 Å². The van der Waals surface area contributed by atoms with Crippen LogP contribution in [0.4, 0.5) is 5.69 Å². The average Bonchev–Trinajstić information content (AvgIpc) is 2.53. The maximum absolute atomic E-state index is 11.5. The number of carbonyl (C=O) groups is 2. The smallest absolute Gasteiger partial charge is 0.348 e. The van der Waals surface area contributed by atoms with Crippen LogP contribution < -0.4 is 4.90 Å². The van der Waals surface area contributed by atoms with Crippen LogP contribution in [0, 0.1) is 18.3 Å². The second-order valence-electron chi connectivity index (χ2n) is 5.20. The van der Waals surface area contributed by atoms with E-state index in [1.54, 1.807) is 6.92 Å². The van der Waals surface area contributed by atoms with Crippen molar-refractivity contribution in [2.24, 2.45) is 0 Å². The maximum Gasteiger partial charge on any atom is 0.348 e. The standard InChI is InChI=1S/C18H22N2O4/c1-6-20(13(3)24-14(4)21)17-8-7-15(12(2)9-17)10-16(11-19)18(22)23-5/h7-10,13H,6H2,1-5H3/b16-10+. The number of methoxy groups -OCH3 is 1. The SMILES string of the molecule is CCN(c1ccc(/C=C(\C#N)C(=O)OC)c(C)c1)C(C)OC(C)=O. The van der Waals surface area contributed by atoms with Crippen molar-refractivity contribution in [2.75, 3.05) is 18.6 Å². The van der Waals surface area contributed by atoms with Crippen LogP contribution in [0.25, 0.3) is 6.08 Å². The lowest BCUT2D eigenvalue weighted by Gasteiger charge is -2.29. The molecule has 0 spiro atoms. The number of nitrogens with zero attached hydrogens (tertiary/aromatic N) is 2. The fraction of sp³-hybridized carbons (Fsp3) is 0.389. The summed E-state index contributed by atoms with van der Waals surface area (Å²) in [6, 6.07) is 7.42. The van der Waals surface area contributed by atoms with Crippen molar-refractivity contribution in [1.82, 2.24) is 0 Å². The Balaban J connectivity index is 3.14. The van der Waals surface area contributed by atoms with Gasteiger partial charge in [-0.25, -0.2) is 4.79 Å². The fourth-order valence-corrected chi connectivity index (χ4v) is 2.36. The first kappa shape index (κ1) is 19.2. The quantitative estimate of drug-likeness (QED) is 0.345. The number of rotatable bonds is 6. The first-order valence-corrected chi connectivity index (χ1v) is 7.58. The van der Waals surface area contributed by atoms with Gasteiger partial charge in [0.15, 0.2) is 6.23 Å². The summed E-state index contributed by atoms with van der Waals surface area (Å²) in [6.45, 7) is 7.69. The molecule has 6 nitrogen and oxygen atoms in total. The topological polar surface area (TPSA) is 79.6 Å². The van der Waals surface area contributed by atoms with Gasteiger partial charge in [0.1, 0.15) is 11.6 Å². The number of nitriles is 1. The van der Waals surface area contributed by atoms with Crippen LogP contribution in [0.5, 0.6) is 0 Å². The molecule has 1 rings (SSSR count). The van der Waals surface area contributed by atoms with E-state index in [1.807, 2.05) is 43.0 Å². The fourth-order valence-electron chi connectivity index (χ4n) is 2.36. The molecule has 0 radical (unpaired) electrons. The Morgan fingerprint density at radius 2 is 2.08 bits per heavy atom. The summed E-state index contributed by atoms with van der Waals surface area (Å²) in [5.74, 6) is -1.01. The number of carbonyl (C=O) groups excluding carboxylic acids is 2. The molecular formula is C18H22N2O4. The molecule has 0 aliphatic heterocycles. The van der Waals surface area contributed by atoms with E-state index in [4.69, 9.17) is 10.00 Å². The molecule has 0 fully saturated rings.